The van der Waals surface area contributed by atoms with Crippen LogP contribution in [0.25, 0.3) is 0 Å². The van der Waals surface area contributed by atoms with Crippen molar-refractivity contribution in [2.75, 3.05) is 32.1 Å². The molecule has 2 atom stereocenters. The third kappa shape index (κ3) is 5.58. The Labute approximate surface area is 242 Å². The van der Waals surface area contributed by atoms with Crippen LogP contribution < -0.4 is 14.4 Å². The Morgan fingerprint density at radius 2 is 1.65 bits per heavy atom. The van der Waals surface area contributed by atoms with E-state index in [-0.39, 0.29) is 30.4 Å². The number of aliphatic hydroxyl groups is 1. The van der Waals surface area contributed by atoms with E-state index in [0.29, 0.717) is 16.5 Å². The van der Waals surface area contributed by atoms with Gasteiger partial charge in [0.15, 0.2) is 11.5 Å². The number of carbonyl (C=O) groups excluding carboxylic acids is 1. The van der Waals surface area contributed by atoms with Gasteiger partial charge in [-0.3, -0.25) is 4.79 Å². The Hall–Kier alpha value is -3.06. The van der Waals surface area contributed by atoms with Gasteiger partial charge >= 0.3 is 0 Å². The lowest BCUT2D eigenvalue weighted by molar-refractivity contribution is -0.118. The molecule has 1 amide bonds. The van der Waals surface area contributed by atoms with Gasteiger partial charge in [0.05, 0.1) is 31.3 Å². The molecule has 2 aliphatic rings. The maximum Gasteiger partial charge on any atom is 0.232 e. The number of piperidine rings is 1. The summed E-state index contributed by atoms with van der Waals surface area (Å²) in [6, 6.07) is 19.0. The van der Waals surface area contributed by atoms with Crippen molar-refractivity contribution < 1.29 is 19.4 Å². The van der Waals surface area contributed by atoms with E-state index in [1.165, 1.54) is 0 Å². The highest BCUT2D eigenvalue weighted by Gasteiger charge is 2.38. The number of fused-ring (bicyclic) bond motifs is 1. The molecular weight excluding hydrogens is 524 g/mol. The molecule has 5 rings (SSSR count). The van der Waals surface area contributed by atoms with Gasteiger partial charge in [0.25, 0.3) is 0 Å². The van der Waals surface area contributed by atoms with Gasteiger partial charge in [-0.2, -0.15) is 0 Å². The summed E-state index contributed by atoms with van der Waals surface area (Å²) in [4.78, 5) is 18.0. The Kier molecular flexibility index (Phi) is 8.14. The van der Waals surface area contributed by atoms with Gasteiger partial charge in [-0.1, -0.05) is 35.9 Å². The summed E-state index contributed by atoms with van der Waals surface area (Å²) in [5, 5.41) is 12.2. The topological polar surface area (TPSA) is 62.2 Å². The monoisotopic (exact) mass is 562 g/mol. The average molecular weight is 563 g/mol. The van der Waals surface area contributed by atoms with E-state index in [9.17, 15) is 9.90 Å². The molecule has 2 aliphatic heterocycles. The first-order valence-corrected chi connectivity index (χ1v) is 14.4. The number of rotatable bonds is 7. The van der Waals surface area contributed by atoms with Crippen molar-refractivity contribution in [3.63, 3.8) is 0 Å². The first-order valence-electron chi connectivity index (χ1n) is 14.0. The predicted molar refractivity (Wildman–Crippen MR) is 159 cm³/mol. The molecule has 0 aromatic heterocycles. The maximum absolute atomic E-state index is 13.8. The van der Waals surface area contributed by atoms with Gasteiger partial charge in [0.1, 0.15) is 0 Å². The van der Waals surface area contributed by atoms with Gasteiger partial charge < -0.3 is 24.4 Å². The number of hydrogen-bond donors (Lipinski definition) is 1. The van der Waals surface area contributed by atoms with Crippen LogP contribution in [0.1, 0.15) is 61.9 Å². The second kappa shape index (κ2) is 11.4. The summed E-state index contributed by atoms with van der Waals surface area (Å²) in [5.74, 6) is 1.44. The molecule has 1 N–H and O–H groups in total. The molecule has 1 fully saturated rings. The molecule has 40 heavy (non-hydrogen) atoms. The SMILES string of the molecule is COc1cc2c(cc1OC(C)C)[C@H](c1ccc(Cl)cc1)N(c1ccc(C(C)(O)C3CCN(C)CC3)cc1)C(=O)C2. The molecule has 0 aliphatic carbocycles. The third-order valence-corrected chi connectivity index (χ3v) is 8.63. The Bertz CT molecular complexity index is 1350. The number of halogens is 1. The second-order valence-corrected chi connectivity index (χ2v) is 12.0. The zero-order chi connectivity index (χ0) is 28.6. The Morgan fingerprint density at radius 3 is 2.25 bits per heavy atom. The Balaban J connectivity index is 1.56. The van der Waals surface area contributed by atoms with E-state index in [4.69, 9.17) is 21.1 Å². The number of benzene rings is 3. The van der Waals surface area contributed by atoms with Crippen LogP contribution >= 0.6 is 11.6 Å². The summed E-state index contributed by atoms with van der Waals surface area (Å²) in [6.07, 6.45) is 2.12. The number of hydrogen-bond acceptors (Lipinski definition) is 5. The number of ether oxygens (including phenoxy) is 2. The second-order valence-electron chi connectivity index (χ2n) is 11.5. The smallest absolute Gasteiger partial charge is 0.232 e. The van der Waals surface area contributed by atoms with Gasteiger partial charge in [0.2, 0.25) is 5.91 Å². The van der Waals surface area contributed by atoms with E-state index >= 15 is 0 Å². The molecule has 1 unspecified atom stereocenters. The van der Waals surface area contributed by atoms with Gasteiger partial charge in [0, 0.05) is 10.7 Å². The molecule has 212 valence electrons. The predicted octanol–water partition coefficient (Wildman–Crippen LogP) is 6.36. The first kappa shape index (κ1) is 28.5. The highest BCUT2D eigenvalue weighted by molar-refractivity contribution is 6.30. The minimum Gasteiger partial charge on any atom is -0.493 e. The molecule has 0 bridgehead atoms. The summed E-state index contributed by atoms with van der Waals surface area (Å²) in [7, 11) is 3.74. The molecule has 2 heterocycles. The molecule has 1 saturated heterocycles. The van der Waals surface area contributed by atoms with Crippen LogP contribution in [-0.4, -0.2) is 49.3 Å². The highest BCUT2D eigenvalue weighted by Crippen LogP contribution is 2.44. The third-order valence-electron chi connectivity index (χ3n) is 8.38. The number of methoxy groups -OCH3 is 1. The number of likely N-dealkylation sites (tertiary alicyclic amines) is 1. The van der Waals surface area contributed by atoms with E-state index in [0.717, 1.165) is 53.9 Å². The van der Waals surface area contributed by atoms with Crippen molar-refractivity contribution in [3.05, 3.63) is 87.9 Å². The Morgan fingerprint density at radius 1 is 1.00 bits per heavy atom. The van der Waals surface area contributed by atoms with Crippen LogP contribution in [0.15, 0.2) is 60.7 Å². The lowest BCUT2D eigenvalue weighted by Gasteiger charge is -2.40. The number of amides is 1. The van der Waals surface area contributed by atoms with Crippen molar-refractivity contribution in [1.82, 2.24) is 4.90 Å². The summed E-state index contributed by atoms with van der Waals surface area (Å²) < 4.78 is 11.7. The fourth-order valence-corrected chi connectivity index (χ4v) is 6.22. The minimum atomic E-state index is -0.937. The zero-order valence-corrected chi connectivity index (χ0v) is 24.7. The van der Waals surface area contributed by atoms with Crippen molar-refractivity contribution in [2.24, 2.45) is 5.92 Å². The molecular formula is C33H39ClN2O4. The van der Waals surface area contributed by atoms with Gasteiger partial charge in [-0.05, 0) is 118 Å². The molecule has 7 heteroatoms. The molecule has 0 saturated carbocycles. The van der Waals surface area contributed by atoms with Crippen molar-refractivity contribution in [2.45, 2.75) is 57.8 Å². The zero-order valence-electron chi connectivity index (χ0n) is 24.0. The van der Waals surface area contributed by atoms with E-state index in [2.05, 4.69) is 11.9 Å². The van der Waals surface area contributed by atoms with Gasteiger partial charge in [-0.25, -0.2) is 0 Å². The maximum atomic E-state index is 13.8. The fourth-order valence-electron chi connectivity index (χ4n) is 6.09. The van der Waals surface area contributed by atoms with E-state index in [1.54, 1.807) is 7.11 Å². The lowest BCUT2D eigenvalue weighted by Crippen LogP contribution is -2.41. The fraction of sp³-hybridized carbons (Fsp3) is 0.424. The van der Waals surface area contributed by atoms with Crippen LogP contribution in [-0.2, 0) is 16.8 Å². The van der Waals surface area contributed by atoms with Crippen LogP contribution in [0.2, 0.25) is 5.02 Å². The number of carbonyl (C=O) groups is 1. The summed E-state index contributed by atoms with van der Waals surface area (Å²) in [6.45, 7) is 7.84. The quantitative estimate of drug-likeness (QED) is 0.363. The first-order chi connectivity index (χ1) is 19.1. The summed E-state index contributed by atoms with van der Waals surface area (Å²) in [5.41, 5.74) is 3.56. The molecule has 6 nitrogen and oxygen atoms in total. The molecule has 0 radical (unpaired) electrons. The lowest BCUT2D eigenvalue weighted by atomic mass is 9.77. The van der Waals surface area contributed by atoms with Crippen LogP contribution in [0, 0.1) is 5.92 Å². The standard InChI is InChI=1S/C33H39ClN2O4/c1-21(2)40-30-20-28-23(18-29(30)39-5)19-31(37)36(32(28)22-6-10-26(34)11-7-22)27-12-8-24(9-13-27)33(3,38)25-14-16-35(4)17-15-25/h6-13,18,20-21,25,32,38H,14-17,19H2,1-5H3/t32-,33?/m0/s1. The normalized spacial score (nSPS) is 19.9. The highest BCUT2D eigenvalue weighted by atomic mass is 35.5. The molecule has 3 aromatic carbocycles. The minimum absolute atomic E-state index is 0.0122. The van der Waals surface area contributed by atoms with Crippen LogP contribution in [0.5, 0.6) is 11.5 Å². The van der Waals surface area contributed by atoms with Gasteiger partial charge in [-0.15, -0.1) is 0 Å². The van der Waals surface area contributed by atoms with Crippen molar-refractivity contribution in [1.29, 1.82) is 0 Å². The van der Waals surface area contributed by atoms with Crippen LogP contribution in [0.3, 0.4) is 0 Å². The van der Waals surface area contributed by atoms with E-state index < -0.39 is 5.60 Å². The van der Waals surface area contributed by atoms with E-state index in [1.807, 2.05) is 86.3 Å². The largest absolute Gasteiger partial charge is 0.493 e. The average Bonchev–Trinajstić information content (AvgIpc) is 2.93. The van der Waals surface area contributed by atoms with Crippen molar-refractivity contribution >= 4 is 23.2 Å². The molecule has 0 spiro atoms. The number of anilines is 1. The van der Waals surface area contributed by atoms with Crippen LogP contribution in [0.4, 0.5) is 5.69 Å². The summed E-state index contributed by atoms with van der Waals surface area (Å²) >= 11 is 6.24. The molecule has 3 aromatic rings. The van der Waals surface area contributed by atoms with Crippen molar-refractivity contribution in [3.8, 4) is 11.5 Å². The number of nitrogens with zero attached hydrogens (tertiary/aromatic N) is 2.